The second-order valence-electron chi connectivity index (χ2n) is 7.11. The quantitative estimate of drug-likeness (QED) is 0.477. The molecule has 0 saturated heterocycles. The van der Waals surface area contributed by atoms with Crippen LogP contribution in [0, 0.1) is 12.7 Å². The van der Waals surface area contributed by atoms with Crippen molar-refractivity contribution in [2.24, 2.45) is 0 Å². The first-order valence-electron chi connectivity index (χ1n) is 9.74. The largest absolute Gasteiger partial charge is 0.497 e. The number of benzene rings is 2. The Morgan fingerprint density at radius 1 is 1.16 bits per heavy atom. The van der Waals surface area contributed by atoms with E-state index >= 15 is 0 Å². The number of carbonyl (C=O) groups is 1. The zero-order chi connectivity index (χ0) is 22.4. The molecule has 164 valence electrons. The van der Waals surface area contributed by atoms with Gasteiger partial charge in [-0.15, -0.1) is 11.3 Å². The molecule has 0 spiro atoms. The topological polar surface area (TPSA) is 72.5 Å². The fourth-order valence-corrected chi connectivity index (χ4v) is 6.01. The SMILES string of the molecule is COc1ccc(CCC(=O)NC[C@H](c2cccs2)S(=O)(=O)c2ccc(F)c(C)c2)cc1. The average molecular weight is 462 g/mol. The smallest absolute Gasteiger partial charge is 0.220 e. The van der Waals surface area contributed by atoms with Gasteiger partial charge in [0.1, 0.15) is 16.8 Å². The van der Waals surface area contributed by atoms with E-state index in [9.17, 15) is 17.6 Å². The number of hydrogen-bond donors (Lipinski definition) is 1. The average Bonchev–Trinajstić information content (AvgIpc) is 3.28. The van der Waals surface area contributed by atoms with Gasteiger partial charge in [-0.1, -0.05) is 18.2 Å². The number of sulfone groups is 1. The summed E-state index contributed by atoms with van der Waals surface area (Å²) in [5, 5.41) is 3.60. The number of methoxy groups -OCH3 is 1. The second kappa shape index (κ2) is 10.1. The van der Waals surface area contributed by atoms with Gasteiger partial charge >= 0.3 is 0 Å². The third kappa shape index (κ3) is 5.71. The van der Waals surface area contributed by atoms with Gasteiger partial charge in [0.25, 0.3) is 0 Å². The molecule has 1 amide bonds. The third-order valence-corrected chi connectivity index (χ3v) is 8.19. The van der Waals surface area contributed by atoms with Crippen LogP contribution in [0.25, 0.3) is 0 Å². The van der Waals surface area contributed by atoms with Crippen LogP contribution in [0.1, 0.15) is 27.7 Å². The molecule has 0 unspecified atom stereocenters. The van der Waals surface area contributed by atoms with E-state index in [-0.39, 0.29) is 29.3 Å². The van der Waals surface area contributed by atoms with Gasteiger partial charge in [0, 0.05) is 17.8 Å². The summed E-state index contributed by atoms with van der Waals surface area (Å²) in [5.74, 6) is 0.0505. The Kier molecular flexibility index (Phi) is 7.46. The predicted octanol–water partition coefficient (Wildman–Crippen LogP) is 4.47. The van der Waals surface area contributed by atoms with Crippen LogP contribution < -0.4 is 10.1 Å². The Morgan fingerprint density at radius 2 is 1.90 bits per heavy atom. The molecule has 3 rings (SSSR count). The van der Waals surface area contributed by atoms with Crippen LogP contribution in [0.4, 0.5) is 4.39 Å². The summed E-state index contributed by atoms with van der Waals surface area (Å²) in [6.07, 6.45) is 0.766. The molecule has 1 N–H and O–H groups in total. The number of nitrogens with one attached hydrogen (secondary N) is 1. The van der Waals surface area contributed by atoms with E-state index in [2.05, 4.69) is 5.32 Å². The van der Waals surface area contributed by atoms with Gasteiger partial charge in [-0.2, -0.15) is 0 Å². The lowest BCUT2D eigenvalue weighted by atomic mass is 10.1. The number of rotatable bonds is 9. The van der Waals surface area contributed by atoms with E-state index in [4.69, 9.17) is 4.74 Å². The first-order chi connectivity index (χ1) is 14.8. The van der Waals surface area contributed by atoms with Crippen LogP contribution >= 0.6 is 11.3 Å². The van der Waals surface area contributed by atoms with E-state index in [1.54, 1.807) is 24.6 Å². The number of hydrogen-bond acceptors (Lipinski definition) is 5. The highest BCUT2D eigenvalue weighted by Crippen LogP contribution is 2.32. The van der Waals surface area contributed by atoms with E-state index in [1.807, 2.05) is 24.3 Å². The van der Waals surface area contributed by atoms with Crippen molar-refractivity contribution < 1.29 is 22.3 Å². The molecular weight excluding hydrogens is 437 g/mol. The number of aryl methyl sites for hydroxylation is 2. The van der Waals surface area contributed by atoms with E-state index in [0.29, 0.717) is 11.3 Å². The molecule has 3 aromatic rings. The van der Waals surface area contributed by atoms with Crippen molar-refractivity contribution in [1.82, 2.24) is 5.32 Å². The molecule has 0 radical (unpaired) electrons. The van der Waals surface area contributed by atoms with Crippen molar-refractivity contribution >= 4 is 27.1 Å². The number of thiophene rings is 1. The molecule has 1 aromatic heterocycles. The highest BCUT2D eigenvalue weighted by Gasteiger charge is 2.30. The number of ether oxygens (including phenoxy) is 1. The minimum atomic E-state index is -3.82. The highest BCUT2D eigenvalue weighted by atomic mass is 32.2. The van der Waals surface area contributed by atoms with Crippen LogP contribution in [-0.4, -0.2) is 28.0 Å². The van der Waals surface area contributed by atoms with Gasteiger partial charge in [-0.25, -0.2) is 12.8 Å². The van der Waals surface area contributed by atoms with Crippen LogP contribution in [0.15, 0.2) is 64.9 Å². The Bertz CT molecular complexity index is 1130. The van der Waals surface area contributed by atoms with Gasteiger partial charge < -0.3 is 10.1 Å². The van der Waals surface area contributed by atoms with E-state index in [0.717, 1.165) is 17.4 Å². The van der Waals surface area contributed by atoms with Crippen molar-refractivity contribution in [2.75, 3.05) is 13.7 Å². The highest BCUT2D eigenvalue weighted by molar-refractivity contribution is 7.91. The molecule has 0 aliphatic carbocycles. The lowest BCUT2D eigenvalue weighted by Crippen LogP contribution is -2.31. The van der Waals surface area contributed by atoms with Gasteiger partial charge in [-0.05, 0) is 66.2 Å². The van der Waals surface area contributed by atoms with Gasteiger partial charge in [0.2, 0.25) is 5.91 Å². The lowest BCUT2D eigenvalue weighted by Gasteiger charge is -2.18. The summed E-state index contributed by atoms with van der Waals surface area (Å²) < 4.78 is 45.3. The summed E-state index contributed by atoms with van der Waals surface area (Å²) >= 11 is 1.31. The third-order valence-electron chi connectivity index (χ3n) is 4.98. The first-order valence-corrected chi connectivity index (χ1v) is 12.2. The Labute approximate surface area is 185 Å². The van der Waals surface area contributed by atoms with E-state index < -0.39 is 20.9 Å². The first kappa shape index (κ1) is 23.0. The zero-order valence-corrected chi connectivity index (χ0v) is 18.9. The van der Waals surface area contributed by atoms with Gasteiger partial charge in [0.05, 0.1) is 12.0 Å². The Hall–Kier alpha value is -2.71. The minimum absolute atomic E-state index is 0.0391. The number of amides is 1. The summed E-state index contributed by atoms with van der Waals surface area (Å²) in [4.78, 5) is 13.1. The molecule has 5 nitrogen and oxygen atoms in total. The fourth-order valence-electron chi connectivity index (χ4n) is 3.14. The van der Waals surface area contributed by atoms with Crippen molar-refractivity contribution in [3.63, 3.8) is 0 Å². The Morgan fingerprint density at radius 3 is 2.52 bits per heavy atom. The maximum absolute atomic E-state index is 13.6. The molecule has 31 heavy (non-hydrogen) atoms. The summed E-state index contributed by atoms with van der Waals surface area (Å²) in [6.45, 7) is 1.47. The maximum Gasteiger partial charge on any atom is 0.220 e. The van der Waals surface area contributed by atoms with Crippen molar-refractivity contribution in [3.8, 4) is 5.75 Å². The minimum Gasteiger partial charge on any atom is -0.497 e. The molecule has 0 saturated carbocycles. The van der Waals surface area contributed by atoms with Crippen molar-refractivity contribution in [2.45, 2.75) is 29.9 Å². The normalized spacial score (nSPS) is 12.4. The van der Waals surface area contributed by atoms with Crippen molar-refractivity contribution in [3.05, 3.63) is 81.8 Å². The standard InChI is InChI=1S/C23H24FNO4S2/c1-16-14-19(10-11-20(16)24)31(27,28)22(21-4-3-13-30-21)15-25-23(26)12-7-17-5-8-18(29-2)9-6-17/h3-6,8-11,13-14,22H,7,12,15H2,1-2H3,(H,25,26)/t22-/m1/s1. The number of halogens is 1. The fraction of sp³-hybridized carbons (Fsp3) is 0.261. The van der Waals surface area contributed by atoms with Gasteiger partial charge in [0.15, 0.2) is 9.84 Å². The van der Waals surface area contributed by atoms with Crippen LogP contribution in [-0.2, 0) is 21.1 Å². The second-order valence-corrected chi connectivity index (χ2v) is 10.2. The van der Waals surface area contributed by atoms with Crippen LogP contribution in [0.5, 0.6) is 5.75 Å². The molecule has 0 bridgehead atoms. The van der Waals surface area contributed by atoms with Gasteiger partial charge in [-0.3, -0.25) is 4.79 Å². The van der Waals surface area contributed by atoms with Crippen molar-refractivity contribution in [1.29, 1.82) is 0 Å². The summed E-state index contributed by atoms with van der Waals surface area (Å²) in [7, 11) is -2.23. The van der Waals surface area contributed by atoms with E-state index in [1.165, 1.54) is 30.4 Å². The molecular formula is C23H24FNO4S2. The van der Waals surface area contributed by atoms with Crippen LogP contribution in [0.2, 0.25) is 0 Å². The molecule has 2 aromatic carbocycles. The summed E-state index contributed by atoms with van der Waals surface area (Å²) in [5.41, 5.74) is 1.25. The maximum atomic E-state index is 13.6. The molecule has 0 aliphatic heterocycles. The monoisotopic (exact) mass is 461 g/mol. The van der Waals surface area contributed by atoms with Crippen LogP contribution in [0.3, 0.4) is 0 Å². The number of carbonyl (C=O) groups excluding carboxylic acids is 1. The molecule has 1 heterocycles. The molecule has 8 heteroatoms. The molecule has 0 fully saturated rings. The molecule has 1 atom stereocenters. The Balaban J connectivity index is 1.70. The lowest BCUT2D eigenvalue weighted by molar-refractivity contribution is -0.121. The zero-order valence-electron chi connectivity index (χ0n) is 17.3. The summed E-state index contributed by atoms with van der Waals surface area (Å²) in [6, 6.07) is 14.7. The molecule has 0 aliphatic rings. The predicted molar refractivity (Wildman–Crippen MR) is 120 cm³/mol.